The molecule has 1 heterocycles. The zero-order chi connectivity index (χ0) is 17.3. The summed E-state index contributed by atoms with van der Waals surface area (Å²) in [5.74, 6) is -0.264. The van der Waals surface area contributed by atoms with Gasteiger partial charge < -0.3 is 9.36 Å². The zero-order valence-electron chi connectivity index (χ0n) is 13.0. The van der Waals surface area contributed by atoms with Gasteiger partial charge in [0.15, 0.2) is 0 Å². The molecule has 1 atom stereocenters. The number of halogens is 2. The third kappa shape index (κ3) is 2.97. The quantitative estimate of drug-likeness (QED) is 0.640. The Morgan fingerprint density at radius 3 is 2.54 bits per heavy atom. The van der Waals surface area contributed by atoms with Crippen LogP contribution in [0.15, 0.2) is 53.3 Å². The van der Waals surface area contributed by atoms with Crippen LogP contribution in [0.25, 0.3) is 10.8 Å². The number of rotatable bonds is 4. The third-order valence-corrected chi connectivity index (χ3v) is 4.96. The van der Waals surface area contributed by atoms with E-state index in [1.54, 1.807) is 29.8 Å². The normalized spacial score (nSPS) is 12.3. The van der Waals surface area contributed by atoms with Crippen molar-refractivity contribution in [3.63, 3.8) is 0 Å². The summed E-state index contributed by atoms with van der Waals surface area (Å²) in [6, 6.07) is 14.7. The van der Waals surface area contributed by atoms with Crippen LogP contribution in [0.2, 0.25) is 10.0 Å². The maximum Gasteiger partial charge on any atom is 0.258 e. The smallest absolute Gasteiger partial charge is 0.258 e. The van der Waals surface area contributed by atoms with Crippen LogP contribution >= 0.6 is 23.2 Å². The predicted octanol–water partition coefficient (Wildman–Crippen LogP) is 4.57. The van der Waals surface area contributed by atoms with Crippen molar-refractivity contribution in [2.24, 2.45) is 7.05 Å². The van der Waals surface area contributed by atoms with Crippen LogP contribution in [0.1, 0.15) is 23.6 Å². The molecule has 0 radical (unpaired) electrons. The highest BCUT2D eigenvalue weighted by Gasteiger charge is 2.19. The Labute approximate surface area is 149 Å². The van der Waals surface area contributed by atoms with E-state index >= 15 is 0 Å². The van der Waals surface area contributed by atoms with Crippen LogP contribution in [0.4, 0.5) is 0 Å². The minimum Gasteiger partial charge on any atom is -0.315 e. The molecule has 0 bridgehead atoms. The third-order valence-electron chi connectivity index (χ3n) is 4.22. The lowest BCUT2D eigenvalue weighted by Crippen LogP contribution is -2.23. The molecule has 0 N–H and O–H groups in total. The van der Waals surface area contributed by atoms with E-state index in [2.05, 4.69) is 0 Å². The SMILES string of the molecule is Cn1c(C(CC=O)c2ccc(Cl)c(Cl)c2)cc2ccccc2c1=O. The summed E-state index contributed by atoms with van der Waals surface area (Å²) in [5.41, 5.74) is 1.53. The van der Waals surface area contributed by atoms with Crippen molar-refractivity contribution in [3.05, 3.63) is 80.2 Å². The second-order valence-corrected chi connectivity index (χ2v) is 6.46. The topological polar surface area (TPSA) is 39.1 Å². The number of carbonyl (C=O) groups is 1. The molecule has 122 valence electrons. The molecule has 0 saturated carbocycles. The molecule has 1 unspecified atom stereocenters. The summed E-state index contributed by atoms with van der Waals surface area (Å²) in [4.78, 5) is 23.9. The second-order valence-electron chi connectivity index (χ2n) is 5.65. The molecule has 2 aromatic carbocycles. The lowest BCUT2D eigenvalue weighted by atomic mass is 9.91. The minimum atomic E-state index is -0.264. The highest BCUT2D eigenvalue weighted by atomic mass is 35.5. The van der Waals surface area contributed by atoms with Crippen molar-refractivity contribution in [1.29, 1.82) is 0 Å². The number of carbonyl (C=O) groups excluding carboxylic acids is 1. The van der Waals surface area contributed by atoms with Gasteiger partial charge in [-0.15, -0.1) is 0 Å². The van der Waals surface area contributed by atoms with Crippen LogP contribution in [-0.2, 0) is 11.8 Å². The Morgan fingerprint density at radius 2 is 1.83 bits per heavy atom. The van der Waals surface area contributed by atoms with Gasteiger partial charge >= 0.3 is 0 Å². The average molecular weight is 360 g/mol. The molecular formula is C19H15Cl2NO2. The Morgan fingerprint density at radius 1 is 1.08 bits per heavy atom. The monoisotopic (exact) mass is 359 g/mol. The molecule has 3 aromatic rings. The fourth-order valence-electron chi connectivity index (χ4n) is 2.96. The molecule has 5 heteroatoms. The standard InChI is InChI=1S/C19H15Cl2NO2/c1-22-18(11-12-4-2-3-5-15(12)19(22)24)14(8-9-23)13-6-7-16(20)17(21)10-13/h2-7,9-11,14H,8H2,1H3. The fourth-order valence-corrected chi connectivity index (χ4v) is 3.27. The van der Waals surface area contributed by atoms with Crippen molar-refractivity contribution < 1.29 is 4.79 Å². The first kappa shape index (κ1) is 16.7. The van der Waals surface area contributed by atoms with Gasteiger partial charge in [0, 0.05) is 30.5 Å². The number of nitrogens with zero attached hydrogens (tertiary/aromatic N) is 1. The lowest BCUT2D eigenvalue weighted by molar-refractivity contribution is -0.108. The average Bonchev–Trinajstić information content (AvgIpc) is 2.59. The number of benzene rings is 2. The number of aromatic nitrogens is 1. The highest BCUT2D eigenvalue weighted by molar-refractivity contribution is 6.42. The Balaban J connectivity index is 2.23. The molecule has 0 fully saturated rings. The maximum absolute atomic E-state index is 12.6. The van der Waals surface area contributed by atoms with Crippen molar-refractivity contribution in [2.45, 2.75) is 12.3 Å². The molecule has 0 amide bonds. The van der Waals surface area contributed by atoms with Crippen molar-refractivity contribution in [2.75, 3.05) is 0 Å². The van der Waals surface area contributed by atoms with Gasteiger partial charge in [0.05, 0.1) is 10.0 Å². The molecule has 3 rings (SSSR count). The number of hydrogen-bond acceptors (Lipinski definition) is 2. The zero-order valence-corrected chi connectivity index (χ0v) is 14.5. The first-order chi connectivity index (χ1) is 11.5. The number of hydrogen-bond donors (Lipinski definition) is 0. The molecule has 0 saturated heterocycles. The summed E-state index contributed by atoms with van der Waals surface area (Å²) in [5, 5.41) is 2.39. The predicted molar refractivity (Wildman–Crippen MR) is 98.2 cm³/mol. The van der Waals surface area contributed by atoms with Crippen LogP contribution in [0.3, 0.4) is 0 Å². The first-order valence-electron chi connectivity index (χ1n) is 7.50. The van der Waals surface area contributed by atoms with E-state index in [1.807, 2.05) is 30.3 Å². The number of pyridine rings is 1. The summed E-state index contributed by atoms with van der Waals surface area (Å²) >= 11 is 12.1. The van der Waals surface area contributed by atoms with Crippen molar-refractivity contribution in [3.8, 4) is 0 Å². The van der Waals surface area contributed by atoms with Gasteiger partial charge in [-0.05, 0) is 35.2 Å². The molecule has 0 aliphatic carbocycles. The van der Waals surface area contributed by atoms with Gasteiger partial charge in [0.25, 0.3) is 5.56 Å². The van der Waals surface area contributed by atoms with Crippen molar-refractivity contribution >= 4 is 40.3 Å². The van der Waals surface area contributed by atoms with E-state index in [9.17, 15) is 9.59 Å². The van der Waals surface area contributed by atoms with E-state index in [4.69, 9.17) is 23.2 Å². The largest absolute Gasteiger partial charge is 0.315 e. The van der Waals surface area contributed by atoms with Gasteiger partial charge in [0.1, 0.15) is 6.29 Å². The van der Waals surface area contributed by atoms with E-state index in [0.29, 0.717) is 15.4 Å². The van der Waals surface area contributed by atoms with Crippen LogP contribution < -0.4 is 5.56 Å². The maximum atomic E-state index is 12.6. The highest BCUT2D eigenvalue weighted by Crippen LogP contribution is 2.32. The van der Waals surface area contributed by atoms with E-state index in [-0.39, 0.29) is 17.9 Å². The number of fused-ring (bicyclic) bond motifs is 1. The van der Waals surface area contributed by atoms with Gasteiger partial charge in [-0.3, -0.25) is 4.79 Å². The molecule has 0 aliphatic heterocycles. The van der Waals surface area contributed by atoms with E-state index < -0.39 is 0 Å². The molecule has 0 spiro atoms. The van der Waals surface area contributed by atoms with Gasteiger partial charge in [-0.2, -0.15) is 0 Å². The second kappa shape index (κ2) is 6.80. The fraction of sp³-hybridized carbons (Fsp3) is 0.158. The summed E-state index contributed by atoms with van der Waals surface area (Å²) in [6.45, 7) is 0. The molecular weight excluding hydrogens is 345 g/mol. The van der Waals surface area contributed by atoms with E-state index in [0.717, 1.165) is 22.9 Å². The molecule has 24 heavy (non-hydrogen) atoms. The Hall–Kier alpha value is -2.10. The van der Waals surface area contributed by atoms with Gasteiger partial charge in [-0.1, -0.05) is 47.5 Å². The van der Waals surface area contributed by atoms with Gasteiger partial charge in [0.2, 0.25) is 0 Å². The molecule has 1 aromatic heterocycles. The van der Waals surface area contributed by atoms with Crippen LogP contribution in [-0.4, -0.2) is 10.9 Å². The lowest BCUT2D eigenvalue weighted by Gasteiger charge is -2.20. The summed E-state index contributed by atoms with van der Waals surface area (Å²) < 4.78 is 1.60. The summed E-state index contributed by atoms with van der Waals surface area (Å²) in [6.07, 6.45) is 1.11. The minimum absolute atomic E-state index is 0.0842. The molecule has 3 nitrogen and oxygen atoms in total. The molecule has 0 aliphatic rings. The van der Waals surface area contributed by atoms with E-state index in [1.165, 1.54) is 0 Å². The van der Waals surface area contributed by atoms with Crippen LogP contribution in [0.5, 0.6) is 0 Å². The summed E-state index contributed by atoms with van der Waals surface area (Å²) in [7, 11) is 1.72. The Kier molecular flexibility index (Phi) is 4.74. The number of aldehydes is 1. The van der Waals surface area contributed by atoms with Crippen molar-refractivity contribution in [1.82, 2.24) is 4.57 Å². The van der Waals surface area contributed by atoms with Gasteiger partial charge in [-0.25, -0.2) is 0 Å². The first-order valence-corrected chi connectivity index (χ1v) is 8.25. The van der Waals surface area contributed by atoms with Crippen LogP contribution in [0, 0.1) is 0 Å². The Bertz CT molecular complexity index is 979.